The van der Waals surface area contributed by atoms with Crippen molar-refractivity contribution in [3.63, 3.8) is 0 Å². The number of nitrogens with one attached hydrogen (secondary N) is 2. The first-order chi connectivity index (χ1) is 18.4. The Balaban J connectivity index is 0.000000212. The highest BCUT2D eigenvalue weighted by Crippen LogP contribution is 2.39. The van der Waals surface area contributed by atoms with E-state index in [2.05, 4.69) is 19.9 Å². The number of hydrogen-bond acceptors (Lipinski definition) is 8. The maximum Gasteiger partial charge on any atom is 0.339 e. The summed E-state index contributed by atoms with van der Waals surface area (Å²) < 4.78 is 18.7. The molecule has 0 saturated carbocycles. The second-order valence-electron chi connectivity index (χ2n) is 8.20. The molecule has 0 spiro atoms. The first-order valence-electron chi connectivity index (χ1n) is 11.1. The number of hydrogen-bond donors (Lipinski definition) is 3. The number of aliphatic carboxylic acids is 1. The van der Waals surface area contributed by atoms with E-state index >= 15 is 0 Å². The van der Waals surface area contributed by atoms with Gasteiger partial charge in [-0.2, -0.15) is 4.39 Å². The molecule has 3 N–H and O–H groups in total. The van der Waals surface area contributed by atoms with Gasteiger partial charge < -0.3 is 19.8 Å². The standard InChI is InChI=1S/C16H12ClN3O5.C8H6FN3O2/c1-8-18-11-3-5-13(16(20(23)24)15(11)19-8)25-12-4-2-9(6-10(12)17)7-14(21)22;1-4-10-6-3-2-5(9)8(12(13)14)7(6)11-4/h2-6H,7H2,1H3,(H,18,19)(H,21,22);2-3H,1H3,(H,10,11). The molecule has 200 valence electrons. The predicted molar refractivity (Wildman–Crippen MR) is 138 cm³/mol. The topological polar surface area (TPSA) is 190 Å². The van der Waals surface area contributed by atoms with Crippen molar-refractivity contribution in [3.8, 4) is 11.5 Å². The second kappa shape index (κ2) is 10.7. The molecule has 5 aromatic rings. The van der Waals surface area contributed by atoms with Crippen molar-refractivity contribution in [1.82, 2.24) is 19.9 Å². The molecule has 0 aliphatic carbocycles. The van der Waals surface area contributed by atoms with Crippen molar-refractivity contribution < 1.29 is 28.9 Å². The molecular formula is C24H18ClFN6O7. The zero-order chi connectivity index (χ0) is 28.4. The molecule has 2 aromatic heterocycles. The van der Waals surface area contributed by atoms with Gasteiger partial charge in [-0.3, -0.25) is 25.0 Å². The third kappa shape index (κ3) is 5.75. The lowest BCUT2D eigenvalue weighted by atomic mass is 10.1. The van der Waals surface area contributed by atoms with Crippen molar-refractivity contribution in [2.24, 2.45) is 0 Å². The molecule has 39 heavy (non-hydrogen) atoms. The fourth-order valence-electron chi connectivity index (χ4n) is 3.79. The zero-order valence-electron chi connectivity index (χ0n) is 20.2. The van der Waals surface area contributed by atoms with Crippen molar-refractivity contribution in [2.75, 3.05) is 0 Å². The van der Waals surface area contributed by atoms with Crippen LogP contribution in [0, 0.1) is 39.9 Å². The molecule has 13 nitrogen and oxygen atoms in total. The number of carboxylic acid groups (broad SMARTS) is 1. The highest BCUT2D eigenvalue weighted by atomic mass is 35.5. The number of carbonyl (C=O) groups is 1. The molecule has 0 bridgehead atoms. The van der Waals surface area contributed by atoms with E-state index in [4.69, 9.17) is 21.4 Å². The number of fused-ring (bicyclic) bond motifs is 2. The van der Waals surface area contributed by atoms with Crippen LogP contribution in [0.25, 0.3) is 22.1 Å². The van der Waals surface area contributed by atoms with Crippen LogP contribution in [0.15, 0.2) is 42.5 Å². The smallest absolute Gasteiger partial charge is 0.339 e. The minimum atomic E-state index is -0.986. The van der Waals surface area contributed by atoms with Crippen LogP contribution < -0.4 is 4.74 Å². The van der Waals surface area contributed by atoms with Crippen molar-refractivity contribution >= 4 is 51.0 Å². The van der Waals surface area contributed by atoms with Gasteiger partial charge in [-0.25, -0.2) is 9.97 Å². The number of nitro benzene ring substituents is 2. The lowest BCUT2D eigenvalue weighted by molar-refractivity contribution is -0.385. The van der Waals surface area contributed by atoms with E-state index in [9.17, 15) is 29.4 Å². The minimum absolute atomic E-state index is 0.00288. The van der Waals surface area contributed by atoms with Crippen LogP contribution in [0.3, 0.4) is 0 Å². The number of halogens is 2. The predicted octanol–water partition coefficient (Wildman–Crippen LogP) is 5.77. The summed E-state index contributed by atoms with van der Waals surface area (Å²) in [6.07, 6.45) is -0.182. The molecule has 0 aliphatic heterocycles. The largest absolute Gasteiger partial charge is 0.481 e. The number of H-pyrrole nitrogens is 2. The Morgan fingerprint density at radius 1 is 0.949 bits per heavy atom. The summed E-state index contributed by atoms with van der Waals surface area (Å²) in [5.74, 6) is -0.601. The summed E-state index contributed by atoms with van der Waals surface area (Å²) >= 11 is 6.11. The third-order valence-electron chi connectivity index (χ3n) is 5.34. The fraction of sp³-hybridized carbons (Fsp3) is 0.125. The van der Waals surface area contributed by atoms with Crippen LogP contribution in [0.2, 0.25) is 5.02 Å². The van der Waals surface area contributed by atoms with Gasteiger partial charge >= 0.3 is 17.3 Å². The third-order valence-corrected chi connectivity index (χ3v) is 5.64. The highest BCUT2D eigenvalue weighted by Gasteiger charge is 2.24. The molecule has 0 fully saturated rings. The molecular weight excluding hydrogens is 539 g/mol. The van der Waals surface area contributed by atoms with Crippen LogP contribution in [0.4, 0.5) is 15.8 Å². The Morgan fingerprint density at radius 2 is 1.49 bits per heavy atom. The number of aromatic amines is 2. The van der Waals surface area contributed by atoms with E-state index in [1.165, 1.54) is 24.3 Å². The first kappa shape index (κ1) is 26.9. The van der Waals surface area contributed by atoms with Gasteiger partial charge in [0.2, 0.25) is 11.6 Å². The quantitative estimate of drug-likeness (QED) is 0.172. The first-order valence-corrected chi connectivity index (χ1v) is 11.4. The SMILES string of the molecule is Cc1nc2c([N+](=O)[O-])c(F)ccc2[nH]1.Cc1nc2c([N+](=O)[O-])c(Oc3ccc(CC(=O)O)cc3Cl)ccc2[nH]1. The van der Waals surface area contributed by atoms with Crippen LogP contribution in [-0.4, -0.2) is 40.9 Å². The number of rotatable bonds is 6. The van der Waals surface area contributed by atoms with Gasteiger partial charge in [-0.05, 0) is 55.8 Å². The molecule has 0 amide bonds. The van der Waals surface area contributed by atoms with E-state index in [1.54, 1.807) is 26.0 Å². The van der Waals surface area contributed by atoms with Crippen molar-refractivity contribution in [2.45, 2.75) is 20.3 Å². The number of aromatic nitrogens is 4. The summed E-state index contributed by atoms with van der Waals surface area (Å²) in [6.45, 7) is 3.35. The monoisotopic (exact) mass is 556 g/mol. The van der Waals surface area contributed by atoms with Crippen molar-refractivity contribution in [1.29, 1.82) is 0 Å². The number of benzene rings is 3. The average molecular weight is 557 g/mol. The normalized spacial score (nSPS) is 10.8. The van der Waals surface area contributed by atoms with E-state index in [0.29, 0.717) is 28.2 Å². The molecule has 0 atom stereocenters. The molecule has 0 saturated heterocycles. The Kier molecular flexibility index (Phi) is 7.40. The molecule has 0 unspecified atom stereocenters. The average Bonchev–Trinajstić information content (AvgIpc) is 3.40. The number of nitrogens with zero attached hydrogens (tertiary/aromatic N) is 4. The summed E-state index contributed by atoms with van der Waals surface area (Å²) in [6, 6.07) is 10.0. The van der Waals surface area contributed by atoms with Crippen LogP contribution in [0.5, 0.6) is 11.5 Å². The molecule has 0 aliphatic rings. The Bertz CT molecular complexity index is 1770. The second-order valence-corrected chi connectivity index (χ2v) is 8.60. The molecule has 0 radical (unpaired) electrons. The molecule has 3 aromatic carbocycles. The summed E-state index contributed by atoms with van der Waals surface area (Å²) in [4.78, 5) is 45.2. The Labute approximate surface area is 222 Å². The van der Waals surface area contributed by atoms with Gasteiger partial charge in [0.15, 0.2) is 11.0 Å². The lowest BCUT2D eigenvalue weighted by Gasteiger charge is -2.09. The molecule has 2 heterocycles. The number of carboxylic acids is 1. The maximum absolute atomic E-state index is 13.1. The fourth-order valence-corrected chi connectivity index (χ4v) is 4.03. The van der Waals surface area contributed by atoms with Gasteiger partial charge in [-0.15, -0.1) is 0 Å². The van der Waals surface area contributed by atoms with Crippen LogP contribution in [-0.2, 0) is 11.2 Å². The summed E-state index contributed by atoms with van der Waals surface area (Å²) in [5.41, 5.74) is 0.901. The highest BCUT2D eigenvalue weighted by molar-refractivity contribution is 6.32. The van der Waals surface area contributed by atoms with Crippen LogP contribution in [0.1, 0.15) is 17.2 Å². The molecule has 15 heteroatoms. The lowest BCUT2D eigenvalue weighted by Crippen LogP contribution is -2.00. The van der Waals surface area contributed by atoms with E-state index < -0.39 is 27.3 Å². The van der Waals surface area contributed by atoms with Gasteiger partial charge in [0, 0.05) is 0 Å². The molecule has 5 rings (SSSR count). The summed E-state index contributed by atoms with van der Waals surface area (Å²) in [7, 11) is 0. The van der Waals surface area contributed by atoms with Gasteiger partial charge in [-0.1, -0.05) is 17.7 Å². The maximum atomic E-state index is 13.1. The Hall–Kier alpha value is -5.11. The van der Waals surface area contributed by atoms with Gasteiger partial charge in [0.25, 0.3) is 0 Å². The number of nitro groups is 2. The zero-order valence-corrected chi connectivity index (χ0v) is 20.9. The number of ether oxygens (including phenoxy) is 1. The van der Waals surface area contributed by atoms with Crippen molar-refractivity contribution in [3.05, 3.63) is 90.7 Å². The number of imidazole rings is 2. The van der Waals surface area contributed by atoms with Gasteiger partial charge in [0.1, 0.15) is 17.4 Å². The van der Waals surface area contributed by atoms with E-state index in [-0.39, 0.29) is 39.7 Å². The van der Waals surface area contributed by atoms with Gasteiger partial charge in [0.05, 0.1) is 32.3 Å². The number of aryl methyl sites for hydroxylation is 2. The van der Waals surface area contributed by atoms with E-state index in [1.807, 2.05) is 0 Å². The minimum Gasteiger partial charge on any atom is -0.481 e. The Morgan fingerprint density at radius 3 is 2.03 bits per heavy atom. The van der Waals surface area contributed by atoms with E-state index in [0.717, 1.165) is 6.07 Å². The van der Waals surface area contributed by atoms with Crippen LogP contribution >= 0.6 is 11.6 Å². The summed E-state index contributed by atoms with van der Waals surface area (Å²) in [5, 5.41) is 31.0.